The Hall–Kier alpha value is -1.10. The third-order valence-electron chi connectivity index (χ3n) is 2.06. The highest BCUT2D eigenvalue weighted by Crippen LogP contribution is 2.24. The number of nitrogens with zero attached hydrogens (tertiary/aromatic N) is 1. The molecule has 0 bridgehead atoms. The molecule has 5 heteroatoms. The van der Waals surface area contributed by atoms with E-state index >= 15 is 0 Å². The number of rotatable bonds is 4. The maximum atomic E-state index is 12.1. The van der Waals surface area contributed by atoms with E-state index in [1.165, 1.54) is 0 Å². The van der Waals surface area contributed by atoms with Crippen molar-refractivity contribution in [3.05, 3.63) is 0 Å². The highest BCUT2D eigenvalue weighted by molar-refractivity contribution is 5.80. The Morgan fingerprint density at radius 2 is 1.41 bits per heavy atom. The van der Waals surface area contributed by atoms with Gasteiger partial charge in [0.1, 0.15) is 13.2 Å². The lowest BCUT2D eigenvalue weighted by molar-refractivity contribution is -0.148. The molecular weight excluding hydrogens is 220 g/mol. The molecule has 0 atom stereocenters. The molecule has 0 aliphatic rings. The van der Waals surface area contributed by atoms with Gasteiger partial charge in [-0.2, -0.15) is 0 Å². The second-order valence-corrected chi connectivity index (χ2v) is 6.03. The fourth-order valence-corrected chi connectivity index (χ4v) is 2.06. The molecule has 100 valence electrons. The Morgan fingerprint density at radius 3 is 1.71 bits per heavy atom. The second-order valence-electron chi connectivity index (χ2n) is 6.03. The minimum absolute atomic E-state index is 0.128. The molecule has 0 heterocycles. The number of carbonyl (C=O) groups is 2. The van der Waals surface area contributed by atoms with Crippen molar-refractivity contribution in [1.29, 1.82) is 0 Å². The van der Waals surface area contributed by atoms with E-state index in [4.69, 9.17) is 10.5 Å². The zero-order chi connectivity index (χ0) is 13.9. The minimum Gasteiger partial charge on any atom is -0.368 e. The summed E-state index contributed by atoms with van der Waals surface area (Å²) in [5, 5.41) is 0. The molecule has 0 fully saturated rings. The van der Waals surface area contributed by atoms with Crippen LogP contribution in [0.4, 0.5) is 0 Å². The van der Waals surface area contributed by atoms with Gasteiger partial charge in [0, 0.05) is 11.1 Å². The van der Waals surface area contributed by atoms with Crippen LogP contribution < -0.4 is 5.73 Å². The Labute approximate surface area is 103 Å². The van der Waals surface area contributed by atoms with Gasteiger partial charge in [0.15, 0.2) is 0 Å². The summed E-state index contributed by atoms with van der Waals surface area (Å²) in [5.41, 5.74) is 4.34. The van der Waals surface area contributed by atoms with Crippen molar-refractivity contribution in [1.82, 2.24) is 4.90 Å². The molecule has 0 radical (unpaired) electrons. The third kappa shape index (κ3) is 5.68. The first-order chi connectivity index (χ1) is 7.46. The van der Waals surface area contributed by atoms with Crippen molar-refractivity contribution in [3.8, 4) is 0 Å². The van der Waals surface area contributed by atoms with Gasteiger partial charge in [-0.1, -0.05) is 0 Å². The monoisotopic (exact) mass is 244 g/mol. The fourth-order valence-electron chi connectivity index (χ4n) is 2.06. The standard InChI is InChI=1S/C12H24N2O3/c1-11(2,3)14(12(4,5)6)10(16)8-17-7-9(13)15/h7-8H2,1-6H3,(H2,13,15). The van der Waals surface area contributed by atoms with E-state index in [-0.39, 0.29) is 30.2 Å². The molecule has 0 spiro atoms. The molecule has 0 aromatic heterocycles. The van der Waals surface area contributed by atoms with Gasteiger partial charge in [-0.15, -0.1) is 0 Å². The Balaban J connectivity index is 4.63. The van der Waals surface area contributed by atoms with Crippen molar-refractivity contribution in [3.63, 3.8) is 0 Å². The van der Waals surface area contributed by atoms with Crippen molar-refractivity contribution >= 4 is 11.8 Å². The molecule has 5 nitrogen and oxygen atoms in total. The van der Waals surface area contributed by atoms with Crippen molar-refractivity contribution in [2.75, 3.05) is 13.2 Å². The van der Waals surface area contributed by atoms with E-state index in [9.17, 15) is 9.59 Å². The van der Waals surface area contributed by atoms with E-state index in [0.717, 1.165) is 0 Å². The van der Waals surface area contributed by atoms with Gasteiger partial charge in [0.2, 0.25) is 11.8 Å². The zero-order valence-electron chi connectivity index (χ0n) is 11.7. The van der Waals surface area contributed by atoms with Crippen molar-refractivity contribution in [2.24, 2.45) is 5.73 Å². The SMILES string of the molecule is CC(C)(C)N(C(=O)COCC(N)=O)C(C)(C)C. The lowest BCUT2D eigenvalue weighted by Crippen LogP contribution is -2.56. The molecule has 0 aliphatic heterocycles. The van der Waals surface area contributed by atoms with E-state index in [2.05, 4.69) is 0 Å². The summed E-state index contributed by atoms with van der Waals surface area (Å²) in [7, 11) is 0. The smallest absolute Gasteiger partial charge is 0.249 e. The fraction of sp³-hybridized carbons (Fsp3) is 0.833. The summed E-state index contributed by atoms with van der Waals surface area (Å²) >= 11 is 0. The van der Waals surface area contributed by atoms with Crippen LogP contribution in [-0.4, -0.2) is 41.0 Å². The molecule has 0 rings (SSSR count). The molecular formula is C12H24N2O3. The highest BCUT2D eigenvalue weighted by Gasteiger charge is 2.35. The predicted octanol–water partition coefficient (Wildman–Crippen LogP) is 0.914. The molecule has 2 amide bonds. The number of hydrogen-bond acceptors (Lipinski definition) is 3. The number of hydrogen-bond donors (Lipinski definition) is 1. The number of primary amides is 1. The van der Waals surface area contributed by atoms with Gasteiger partial charge in [-0.3, -0.25) is 9.59 Å². The first-order valence-corrected chi connectivity index (χ1v) is 5.65. The van der Waals surface area contributed by atoms with Crippen LogP contribution >= 0.6 is 0 Å². The third-order valence-corrected chi connectivity index (χ3v) is 2.06. The molecule has 0 aromatic rings. The molecule has 0 saturated carbocycles. The molecule has 0 unspecified atom stereocenters. The molecule has 17 heavy (non-hydrogen) atoms. The van der Waals surface area contributed by atoms with Gasteiger partial charge in [-0.05, 0) is 41.5 Å². The van der Waals surface area contributed by atoms with Crippen LogP contribution in [0.25, 0.3) is 0 Å². The van der Waals surface area contributed by atoms with Gasteiger partial charge in [0.05, 0.1) is 0 Å². The number of amides is 2. The maximum Gasteiger partial charge on any atom is 0.249 e. The molecule has 2 N–H and O–H groups in total. The summed E-state index contributed by atoms with van der Waals surface area (Å²) in [6.45, 7) is 11.4. The Morgan fingerprint density at radius 1 is 1.00 bits per heavy atom. The second kappa shape index (κ2) is 5.49. The average molecular weight is 244 g/mol. The Kier molecular flexibility index (Phi) is 5.13. The highest BCUT2D eigenvalue weighted by atomic mass is 16.5. The quantitative estimate of drug-likeness (QED) is 0.799. The van der Waals surface area contributed by atoms with Gasteiger partial charge < -0.3 is 15.4 Å². The maximum absolute atomic E-state index is 12.1. The normalized spacial score (nSPS) is 12.4. The largest absolute Gasteiger partial charge is 0.368 e. The summed E-state index contributed by atoms with van der Waals surface area (Å²) in [5.74, 6) is -0.720. The predicted molar refractivity (Wildman–Crippen MR) is 66.4 cm³/mol. The molecule has 0 saturated heterocycles. The van der Waals surface area contributed by atoms with Gasteiger partial charge in [-0.25, -0.2) is 0 Å². The van der Waals surface area contributed by atoms with Crippen LogP contribution in [0.15, 0.2) is 0 Å². The Bertz CT molecular complexity index is 273. The van der Waals surface area contributed by atoms with Crippen LogP contribution in [0.5, 0.6) is 0 Å². The van der Waals surface area contributed by atoms with Crippen LogP contribution in [0, 0.1) is 0 Å². The van der Waals surface area contributed by atoms with Crippen LogP contribution in [0.2, 0.25) is 0 Å². The first kappa shape index (κ1) is 15.9. The van der Waals surface area contributed by atoms with E-state index in [1.807, 2.05) is 41.5 Å². The summed E-state index contributed by atoms with van der Waals surface area (Å²) < 4.78 is 4.96. The summed E-state index contributed by atoms with van der Waals surface area (Å²) in [6.07, 6.45) is 0. The topological polar surface area (TPSA) is 72.6 Å². The summed E-state index contributed by atoms with van der Waals surface area (Å²) in [4.78, 5) is 24.3. The molecule has 0 aliphatic carbocycles. The number of ether oxygens (including phenoxy) is 1. The van der Waals surface area contributed by atoms with E-state index in [1.54, 1.807) is 4.90 Å². The summed E-state index contributed by atoms with van der Waals surface area (Å²) in [6, 6.07) is 0. The lowest BCUT2D eigenvalue weighted by Gasteiger charge is -2.45. The lowest BCUT2D eigenvalue weighted by atomic mass is 9.96. The van der Waals surface area contributed by atoms with Crippen LogP contribution in [0.1, 0.15) is 41.5 Å². The zero-order valence-corrected chi connectivity index (χ0v) is 11.7. The van der Waals surface area contributed by atoms with Crippen molar-refractivity contribution < 1.29 is 14.3 Å². The van der Waals surface area contributed by atoms with Gasteiger partial charge in [0.25, 0.3) is 0 Å². The van der Waals surface area contributed by atoms with Gasteiger partial charge >= 0.3 is 0 Å². The first-order valence-electron chi connectivity index (χ1n) is 5.65. The van der Waals surface area contributed by atoms with E-state index < -0.39 is 5.91 Å². The molecule has 0 aromatic carbocycles. The van der Waals surface area contributed by atoms with Crippen molar-refractivity contribution in [2.45, 2.75) is 52.6 Å². The number of nitrogens with two attached hydrogens (primary N) is 1. The average Bonchev–Trinajstić information content (AvgIpc) is 1.96. The van der Waals surface area contributed by atoms with Crippen LogP contribution in [-0.2, 0) is 14.3 Å². The van der Waals surface area contributed by atoms with E-state index in [0.29, 0.717) is 0 Å². The van der Waals surface area contributed by atoms with Crippen LogP contribution in [0.3, 0.4) is 0 Å². The number of carbonyl (C=O) groups excluding carboxylic acids is 2. The minimum atomic E-state index is -0.573.